The molecule has 2 heterocycles. The molecule has 11 heteroatoms. The molecule has 1 aliphatic rings. The van der Waals surface area contributed by atoms with Gasteiger partial charge in [-0.25, -0.2) is 21.1 Å². The first-order chi connectivity index (χ1) is 13.5. The molecular weight excluding hydrogens is 434 g/mol. The van der Waals surface area contributed by atoms with Crippen molar-refractivity contribution in [3.63, 3.8) is 0 Å². The van der Waals surface area contributed by atoms with Crippen molar-refractivity contribution in [1.29, 1.82) is 0 Å². The van der Waals surface area contributed by atoms with Crippen LogP contribution in [0.25, 0.3) is 10.2 Å². The molecule has 4 rings (SSSR count). The third kappa shape index (κ3) is 3.08. The van der Waals surface area contributed by atoms with E-state index < -0.39 is 20.0 Å². The van der Waals surface area contributed by atoms with Crippen LogP contribution in [0.3, 0.4) is 0 Å². The number of aryl methyl sites for hydroxylation is 1. The van der Waals surface area contributed by atoms with E-state index in [1.807, 2.05) is 0 Å². The van der Waals surface area contributed by atoms with E-state index in [2.05, 4.69) is 0 Å². The average Bonchev–Trinajstić information content (AvgIpc) is 3.22. The van der Waals surface area contributed by atoms with Gasteiger partial charge in [-0.3, -0.25) is 9.10 Å². The Bertz CT molecular complexity index is 1400. The minimum Gasteiger partial charge on any atom is -0.302 e. The molecule has 0 aliphatic carbocycles. The number of fused-ring (bicyclic) bond motifs is 2. The van der Waals surface area contributed by atoms with Gasteiger partial charge in [0.15, 0.2) is 0 Å². The molecule has 0 unspecified atom stereocenters. The maximum absolute atomic E-state index is 13.2. The Morgan fingerprint density at radius 1 is 1.00 bits per heavy atom. The van der Waals surface area contributed by atoms with Crippen LogP contribution in [0.4, 0.5) is 5.69 Å². The molecule has 0 radical (unpaired) electrons. The van der Waals surface area contributed by atoms with Crippen molar-refractivity contribution in [2.75, 3.05) is 24.9 Å². The lowest BCUT2D eigenvalue weighted by Crippen LogP contribution is -2.29. The Morgan fingerprint density at radius 2 is 1.69 bits per heavy atom. The number of benzene rings is 2. The Hall–Kier alpha value is -2.21. The molecule has 1 aliphatic heterocycles. The summed E-state index contributed by atoms with van der Waals surface area (Å²) < 4.78 is 55.7. The molecule has 1 aromatic heterocycles. The molecule has 154 valence electrons. The molecule has 29 heavy (non-hydrogen) atoms. The van der Waals surface area contributed by atoms with Crippen LogP contribution < -0.4 is 9.18 Å². The number of aromatic nitrogens is 1. The summed E-state index contributed by atoms with van der Waals surface area (Å²) in [7, 11) is -2.89. The van der Waals surface area contributed by atoms with Crippen molar-refractivity contribution < 1.29 is 16.8 Å². The highest BCUT2D eigenvalue weighted by molar-refractivity contribution is 7.93. The van der Waals surface area contributed by atoms with Gasteiger partial charge >= 0.3 is 4.87 Å². The highest BCUT2D eigenvalue weighted by Crippen LogP contribution is 2.35. The summed E-state index contributed by atoms with van der Waals surface area (Å²) in [4.78, 5) is 11.9. The molecule has 0 atom stereocenters. The smallest absolute Gasteiger partial charge is 0.302 e. The molecular formula is C18H19N3O5S3. The fourth-order valence-electron chi connectivity index (χ4n) is 3.37. The van der Waals surface area contributed by atoms with E-state index in [4.69, 9.17) is 0 Å². The zero-order chi connectivity index (χ0) is 21.1. The van der Waals surface area contributed by atoms with Crippen LogP contribution in [0.2, 0.25) is 0 Å². The molecule has 8 nitrogen and oxygen atoms in total. The molecule has 3 aromatic rings. The maximum Gasteiger partial charge on any atom is 0.307 e. The number of rotatable bonds is 4. The van der Waals surface area contributed by atoms with Crippen molar-refractivity contribution in [3.05, 3.63) is 51.6 Å². The predicted molar refractivity (Wildman–Crippen MR) is 113 cm³/mol. The van der Waals surface area contributed by atoms with Gasteiger partial charge in [0.25, 0.3) is 10.0 Å². The van der Waals surface area contributed by atoms with Gasteiger partial charge in [-0.1, -0.05) is 11.3 Å². The SMILES string of the molecule is CN(C)S(=O)(=O)c1ccc2c(c1)CCN2S(=O)(=O)c1ccc2c(c1)sc(=O)n2C. The molecule has 0 saturated carbocycles. The topological polar surface area (TPSA) is 96.8 Å². The quantitative estimate of drug-likeness (QED) is 0.598. The number of nitrogens with zero attached hydrogens (tertiary/aromatic N) is 3. The number of hydrogen-bond donors (Lipinski definition) is 0. The van der Waals surface area contributed by atoms with Gasteiger partial charge in [-0.2, -0.15) is 0 Å². The number of hydrogen-bond acceptors (Lipinski definition) is 6. The first kappa shape index (κ1) is 20.1. The van der Waals surface area contributed by atoms with E-state index in [9.17, 15) is 21.6 Å². The van der Waals surface area contributed by atoms with Gasteiger partial charge in [0.1, 0.15) is 0 Å². The highest BCUT2D eigenvalue weighted by Gasteiger charge is 2.32. The van der Waals surface area contributed by atoms with E-state index in [0.29, 0.717) is 27.9 Å². The minimum atomic E-state index is -3.84. The lowest BCUT2D eigenvalue weighted by molar-refractivity contribution is 0.520. The molecule has 2 aromatic carbocycles. The molecule has 0 amide bonds. The van der Waals surface area contributed by atoms with E-state index in [1.165, 1.54) is 53.3 Å². The van der Waals surface area contributed by atoms with Crippen LogP contribution in [0.5, 0.6) is 0 Å². The normalized spacial score (nSPS) is 14.7. The highest BCUT2D eigenvalue weighted by atomic mass is 32.2. The van der Waals surface area contributed by atoms with Gasteiger partial charge in [0.05, 0.1) is 25.7 Å². The molecule has 0 spiro atoms. The van der Waals surface area contributed by atoms with Crippen LogP contribution in [-0.2, 0) is 33.5 Å². The first-order valence-electron chi connectivity index (χ1n) is 8.71. The Morgan fingerprint density at radius 3 is 2.38 bits per heavy atom. The third-order valence-electron chi connectivity index (χ3n) is 5.03. The summed E-state index contributed by atoms with van der Waals surface area (Å²) in [6.45, 7) is 0.228. The first-order valence-corrected chi connectivity index (χ1v) is 12.4. The molecule has 0 fully saturated rings. The summed E-state index contributed by atoms with van der Waals surface area (Å²) in [5.41, 5.74) is 1.82. The minimum absolute atomic E-state index is 0.102. The van der Waals surface area contributed by atoms with Crippen molar-refractivity contribution >= 4 is 47.3 Å². The van der Waals surface area contributed by atoms with Crippen LogP contribution in [0, 0.1) is 0 Å². The standard InChI is InChI=1S/C18H19N3O5S3/c1-19(2)28(23,24)13-4-6-15-12(10-13)8-9-21(15)29(25,26)14-5-7-16-17(11-14)27-18(22)20(16)3/h4-7,10-11H,8-9H2,1-3H3. The van der Waals surface area contributed by atoms with E-state index in [0.717, 1.165) is 15.6 Å². The molecule has 0 N–H and O–H groups in total. The number of thiazole rings is 1. The third-order valence-corrected chi connectivity index (χ3v) is 9.65. The second-order valence-electron chi connectivity index (χ2n) is 6.96. The summed E-state index contributed by atoms with van der Waals surface area (Å²) in [6, 6.07) is 9.13. The van der Waals surface area contributed by atoms with Crippen LogP contribution in [-0.4, -0.2) is 46.3 Å². The van der Waals surface area contributed by atoms with Crippen molar-refractivity contribution in [2.24, 2.45) is 7.05 Å². The monoisotopic (exact) mass is 453 g/mol. The van der Waals surface area contributed by atoms with E-state index >= 15 is 0 Å². The summed E-state index contributed by atoms with van der Waals surface area (Å²) in [5, 5.41) is 0. The van der Waals surface area contributed by atoms with Crippen molar-refractivity contribution in [1.82, 2.24) is 8.87 Å². The Kier molecular flexibility index (Phi) is 4.61. The fraction of sp³-hybridized carbons (Fsp3) is 0.278. The Balaban J connectivity index is 1.76. The van der Waals surface area contributed by atoms with Crippen molar-refractivity contribution in [2.45, 2.75) is 16.2 Å². The zero-order valence-corrected chi connectivity index (χ0v) is 18.4. The summed E-state index contributed by atoms with van der Waals surface area (Å²) >= 11 is 0.998. The second kappa shape index (κ2) is 6.66. The average molecular weight is 454 g/mol. The molecule has 0 bridgehead atoms. The van der Waals surface area contributed by atoms with Gasteiger partial charge in [-0.15, -0.1) is 0 Å². The fourth-order valence-corrected chi connectivity index (χ4v) is 6.85. The maximum atomic E-state index is 13.2. The van der Waals surface area contributed by atoms with Crippen molar-refractivity contribution in [3.8, 4) is 0 Å². The molecule has 0 saturated heterocycles. The Labute approximate surface area is 172 Å². The van der Waals surface area contributed by atoms with E-state index in [-0.39, 0.29) is 21.2 Å². The van der Waals surface area contributed by atoms with Gasteiger partial charge in [0.2, 0.25) is 10.0 Å². The predicted octanol–water partition coefficient (Wildman–Crippen LogP) is 1.60. The summed E-state index contributed by atoms with van der Waals surface area (Å²) in [6.07, 6.45) is 0.423. The largest absolute Gasteiger partial charge is 0.307 e. The van der Waals surface area contributed by atoms with Crippen LogP contribution in [0.1, 0.15) is 5.56 Å². The lowest BCUT2D eigenvalue weighted by Gasteiger charge is -2.20. The van der Waals surface area contributed by atoms with Gasteiger partial charge in [-0.05, 0) is 48.4 Å². The number of sulfonamides is 2. The van der Waals surface area contributed by atoms with E-state index in [1.54, 1.807) is 13.1 Å². The second-order valence-corrected chi connectivity index (χ2v) is 12.0. The van der Waals surface area contributed by atoms with Gasteiger partial charge in [0, 0.05) is 27.7 Å². The number of anilines is 1. The zero-order valence-electron chi connectivity index (χ0n) is 16.0. The summed E-state index contributed by atoms with van der Waals surface area (Å²) in [5.74, 6) is 0. The van der Waals surface area contributed by atoms with Gasteiger partial charge < -0.3 is 4.57 Å². The lowest BCUT2D eigenvalue weighted by atomic mass is 10.2. The van der Waals surface area contributed by atoms with Crippen LogP contribution >= 0.6 is 11.3 Å². The van der Waals surface area contributed by atoms with Crippen LogP contribution in [0.15, 0.2) is 51.0 Å².